The number of nitrogens with zero attached hydrogens (tertiary/aromatic N) is 1. The van der Waals surface area contributed by atoms with Crippen LogP contribution < -0.4 is 4.90 Å². The van der Waals surface area contributed by atoms with E-state index in [9.17, 15) is 0 Å². The molecule has 0 amide bonds. The van der Waals surface area contributed by atoms with Crippen molar-refractivity contribution in [2.75, 3.05) is 4.90 Å². The predicted octanol–water partition coefficient (Wildman–Crippen LogP) is 14.4. The smallest absolute Gasteiger partial charge is 0.137 e. The Morgan fingerprint density at radius 1 is 0.327 bits per heavy atom. The van der Waals surface area contributed by atoms with E-state index in [-0.39, 0.29) is 0 Å². The van der Waals surface area contributed by atoms with Gasteiger partial charge in [0, 0.05) is 16.8 Å². The Morgan fingerprint density at radius 3 is 1.46 bits per heavy atom. The average molecular weight is 664 g/mol. The molecule has 0 aliphatic carbocycles. The molecule has 0 saturated carbocycles. The lowest BCUT2D eigenvalue weighted by Gasteiger charge is -2.27. The van der Waals surface area contributed by atoms with Crippen molar-refractivity contribution in [2.45, 2.75) is 0 Å². The minimum Gasteiger partial charge on any atom is -0.456 e. The lowest BCUT2D eigenvalue weighted by atomic mass is 9.97. The van der Waals surface area contributed by atoms with Gasteiger partial charge in [0.2, 0.25) is 0 Å². The van der Waals surface area contributed by atoms with Crippen LogP contribution in [0.2, 0.25) is 0 Å². The Labute approximate surface area is 302 Å². The molecule has 0 unspecified atom stereocenters. The first-order valence-electron chi connectivity index (χ1n) is 17.8. The van der Waals surface area contributed by atoms with Gasteiger partial charge < -0.3 is 9.32 Å². The third kappa shape index (κ3) is 5.12. The van der Waals surface area contributed by atoms with Crippen molar-refractivity contribution in [3.8, 4) is 33.4 Å². The maximum absolute atomic E-state index is 6.59. The van der Waals surface area contributed by atoms with Crippen LogP contribution in [0, 0.1) is 0 Å². The molecule has 244 valence electrons. The summed E-state index contributed by atoms with van der Waals surface area (Å²) in [6.45, 7) is 0. The fourth-order valence-corrected chi connectivity index (χ4v) is 7.77. The van der Waals surface area contributed by atoms with Crippen molar-refractivity contribution >= 4 is 60.5 Å². The molecule has 0 bridgehead atoms. The first-order chi connectivity index (χ1) is 25.8. The fraction of sp³-hybridized carbons (Fsp3) is 0. The second kappa shape index (κ2) is 12.5. The number of benzene rings is 9. The Morgan fingerprint density at radius 2 is 0.846 bits per heavy atom. The number of hydrogen-bond donors (Lipinski definition) is 0. The molecule has 0 fully saturated rings. The number of fused-ring (bicyclic) bond motifs is 5. The molecule has 0 atom stereocenters. The molecule has 1 heterocycles. The van der Waals surface area contributed by atoms with E-state index in [4.69, 9.17) is 4.42 Å². The Hall–Kier alpha value is -6.90. The Balaban J connectivity index is 1.13. The van der Waals surface area contributed by atoms with Crippen LogP contribution in [0.4, 0.5) is 17.1 Å². The van der Waals surface area contributed by atoms with Gasteiger partial charge >= 0.3 is 0 Å². The molecule has 10 rings (SSSR count). The van der Waals surface area contributed by atoms with Crippen molar-refractivity contribution in [3.63, 3.8) is 0 Å². The monoisotopic (exact) mass is 663 g/mol. The van der Waals surface area contributed by atoms with Gasteiger partial charge in [-0.1, -0.05) is 152 Å². The molecule has 52 heavy (non-hydrogen) atoms. The van der Waals surface area contributed by atoms with Crippen LogP contribution in [-0.2, 0) is 0 Å². The van der Waals surface area contributed by atoms with Gasteiger partial charge in [-0.05, 0) is 103 Å². The van der Waals surface area contributed by atoms with Crippen molar-refractivity contribution in [1.29, 1.82) is 0 Å². The highest BCUT2D eigenvalue weighted by Crippen LogP contribution is 2.44. The van der Waals surface area contributed by atoms with E-state index in [1.54, 1.807) is 0 Å². The molecule has 2 nitrogen and oxygen atoms in total. The lowest BCUT2D eigenvalue weighted by Crippen LogP contribution is -2.10. The predicted molar refractivity (Wildman–Crippen MR) is 220 cm³/mol. The van der Waals surface area contributed by atoms with Crippen LogP contribution >= 0.6 is 0 Å². The molecule has 9 aromatic carbocycles. The highest BCUT2D eigenvalue weighted by molar-refractivity contribution is 6.14. The van der Waals surface area contributed by atoms with E-state index in [2.05, 4.69) is 199 Å². The fourth-order valence-electron chi connectivity index (χ4n) is 7.77. The summed E-state index contributed by atoms with van der Waals surface area (Å²) in [6.07, 6.45) is 0. The summed E-state index contributed by atoms with van der Waals surface area (Å²) in [5.41, 5.74) is 12.1. The second-order valence-corrected chi connectivity index (χ2v) is 13.3. The quantitative estimate of drug-likeness (QED) is 0.176. The SMILES string of the molecule is c1ccc(-c2ccc3c(c2)oc2cccc(N(c4ccc(-c5cccc6ccccc56)cc4)c4ccc(-c5cccc6ccccc56)cc4)c23)cc1. The summed E-state index contributed by atoms with van der Waals surface area (Å²) in [5.74, 6) is 0. The normalized spacial score (nSPS) is 11.5. The van der Waals surface area contributed by atoms with Crippen molar-refractivity contribution in [2.24, 2.45) is 0 Å². The molecular formula is C50H33NO. The summed E-state index contributed by atoms with van der Waals surface area (Å²) in [4.78, 5) is 2.36. The van der Waals surface area contributed by atoms with Gasteiger partial charge in [0.1, 0.15) is 11.2 Å². The minimum absolute atomic E-state index is 0.863. The van der Waals surface area contributed by atoms with E-state index < -0.39 is 0 Å². The summed E-state index contributed by atoms with van der Waals surface area (Å²) in [7, 11) is 0. The first kappa shape index (κ1) is 30.0. The van der Waals surface area contributed by atoms with Crippen LogP contribution in [0.5, 0.6) is 0 Å². The number of furan rings is 1. The van der Waals surface area contributed by atoms with E-state index in [1.807, 2.05) is 6.07 Å². The maximum Gasteiger partial charge on any atom is 0.137 e. The maximum atomic E-state index is 6.59. The van der Waals surface area contributed by atoms with Crippen LogP contribution in [0.3, 0.4) is 0 Å². The third-order valence-electron chi connectivity index (χ3n) is 10.3. The third-order valence-corrected chi connectivity index (χ3v) is 10.3. The van der Waals surface area contributed by atoms with Crippen molar-refractivity contribution < 1.29 is 4.42 Å². The summed E-state index contributed by atoms with van der Waals surface area (Å²) in [6, 6.07) is 71.6. The molecule has 10 aromatic rings. The molecular weight excluding hydrogens is 631 g/mol. The zero-order valence-electron chi connectivity index (χ0n) is 28.4. The van der Waals surface area contributed by atoms with E-state index >= 15 is 0 Å². The summed E-state index contributed by atoms with van der Waals surface area (Å²) in [5, 5.41) is 7.17. The first-order valence-corrected chi connectivity index (χ1v) is 17.8. The van der Waals surface area contributed by atoms with Gasteiger partial charge in [0.25, 0.3) is 0 Å². The summed E-state index contributed by atoms with van der Waals surface area (Å²) >= 11 is 0. The summed E-state index contributed by atoms with van der Waals surface area (Å²) < 4.78 is 6.59. The van der Waals surface area contributed by atoms with Gasteiger partial charge in [0.15, 0.2) is 0 Å². The van der Waals surface area contributed by atoms with E-state index in [0.29, 0.717) is 0 Å². The molecule has 0 radical (unpaired) electrons. The molecule has 1 aromatic heterocycles. The van der Waals surface area contributed by atoms with Gasteiger partial charge in [-0.2, -0.15) is 0 Å². The lowest BCUT2D eigenvalue weighted by molar-refractivity contribution is 0.669. The van der Waals surface area contributed by atoms with Crippen LogP contribution in [0.1, 0.15) is 0 Å². The number of rotatable bonds is 6. The van der Waals surface area contributed by atoms with E-state index in [1.165, 1.54) is 49.4 Å². The van der Waals surface area contributed by atoms with Gasteiger partial charge in [-0.15, -0.1) is 0 Å². The second-order valence-electron chi connectivity index (χ2n) is 13.3. The average Bonchev–Trinajstić information content (AvgIpc) is 3.60. The van der Waals surface area contributed by atoms with Crippen LogP contribution in [-0.4, -0.2) is 0 Å². The standard InChI is InChI=1S/C50H33NO/c1-2-11-34(12-3-1)39-27-32-46-49(33-39)52-48-22-10-21-47(50(46)48)51(40-28-23-37(24-29-40)44-19-8-15-35-13-4-6-17-42(35)44)41-30-25-38(26-31-41)45-20-9-16-36-14-5-7-18-43(36)45/h1-33H. The Bertz CT molecular complexity index is 2750. The zero-order valence-corrected chi connectivity index (χ0v) is 28.4. The van der Waals surface area contributed by atoms with Crippen molar-refractivity contribution in [3.05, 3.63) is 200 Å². The molecule has 0 aliphatic heterocycles. The molecule has 2 heteroatoms. The topological polar surface area (TPSA) is 16.4 Å². The van der Waals surface area contributed by atoms with Gasteiger partial charge in [0.05, 0.1) is 11.1 Å². The largest absolute Gasteiger partial charge is 0.456 e. The van der Waals surface area contributed by atoms with Gasteiger partial charge in [-0.3, -0.25) is 0 Å². The molecule has 0 aliphatic rings. The van der Waals surface area contributed by atoms with Crippen LogP contribution in [0.15, 0.2) is 205 Å². The number of hydrogen-bond acceptors (Lipinski definition) is 2. The molecule has 0 spiro atoms. The zero-order chi connectivity index (χ0) is 34.4. The Kier molecular flexibility index (Phi) is 7.18. The van der Waals surface area contributed by atoms with Crippen molar-refractivity contribution in [1.82, 2.24) is 0 Å². The van der Waals surface area contributed by atoms with E-state index in [0.717, 1.165) is 44.6 Å². The molecule has 0 N–H and O–H groups in total. The van der Waals surface area contributed by atoms with Crippen LogP contribution in [0.25, 0.3) is 76.9 Å². The highest BCUT2D eigenvalue weighted by atomic mass is 16.3. The van der Waals surface area contributed by atoms with Gasteiger partial charge in [-0.25, -0.2) is 0 Å². The minimum atomic E-state index is 0.863. The highest BCUT2D eigenvalue weighted by Gasteiger charge is 2.20. The number of anilines is 3. The molecule has 0 saturated heterocycles.